The molecule has 0 aromatic heterocycles. The predicted molar refractivity (Wildman–Crippen MR) is 118 cm³/mol. The lowest BCUT2D eigenvalue weighted by atomic mass is 10.2. The molecule has 32 heavy (non-hydrogen) atoms. The van der Waals surface area contributed by atoms with Crippen LogP contribution < -0.4 is 10.0 Å². The summed E-state index contributed by atoms with van der Waals surface area (Å²) in [6, 6.07) is 4.48. The zero-order valence-electron chi connectivity index (χ0n) is 18.9. The molecule has 1 saturated heterocycles. The van der Waals surface area contributed by atoms with Crippen molar-refractivity contribution in [1.82, 2.24) is 19.8 Å². The highest BCUT2D eigenvalue weighted by Gasteiger charge is 2.25. The molecule has 11 heteroatoms. The Morgan fingerprint density at radius 1 is 1.06 bits per heavy atom. The maximum absolute atomic E-state index is 12.9. The Bertz CT molecular complexity index is 863. The number of hydrogen-bond acceptors (Lipinski definition) is 6. The Morgan fingerprint density at radius 2 is 1.69 bits per heavy atom. The van der Waals surface area contributed by atoms with Gasteiger partial charge in [-0.25, -0.2) is 22.3 Å². The summed E-state index contributed by atoms with van der Waals surface area (Å²) in [4.78, 5) is 27.9. The van der Waals surface area contributed by atoms with Gasteiger partial charge in [-0.05, 0) is 58.0 Å². The van der Waals surface area contributed by atoms with Gasteiger partial charge in [0, 0.05) is 45.7 Å². The molecule has 1 aromatic carbocycles. The lowest BCUT2D eigenvalue weighted by Gasteiger charge is -2.35. The first-order valence-corrected chi connectivity index (χ1v) is 12.2. The highest BCUT2D eigenvalue weighted by molar-refractivity contribution is 7.89. The second-order valence-corrected chi connectivity index (χ2v) is 10.4. The first kappa shape index (κ1) is 26.0. The Hall–Kier alpha value is -2.24. The molecule has 1 aliphatic rings. The van der Waals surface area contributed by atoms with Crippen molar-refractivity contribution < 1.29 is 27.1 Å². The van der Waals surface area contributed by atoms with Gasteiger partial charge >= 0.3 is 6.09 Å². The molecular weight excluding hydrogens is 439 g/mol. The van der Waals surface area contributed by atoms with E-state index in [-0.39, 0.29) is 29.9 Å². The Kier molecular flexibility index (Phi) is 9.41. The summed E-state index contributed by atoms with van der Waals surface area (Å²) in [5.74, 6) is -0.769. The molecule has 1 heterocycles. The number of nitrogens with one attached hydrogen (secondary N) is 2. The molecule has 0 unspecified atom stereocenters. The molecule has 1 aliphatic heterocycles. The molecule has 0 aliphatic carbocycles. The third-order valence-corrected chi connectivity index (χ3v) is 6.24. The van der Waals surface area contributed by atoms with Crippen molar-refractivity contribution in [1.29, 1.82) is 0 Å². The zero-order chi connectivity index (χ0) is 23.8. The van der Waals surface area contributed by atoms with Gasteiger partial charge in [-0.1, -0.05) is 0 Å². The van der Waals surface area contributed by atoms with E-state index >= 15 is 0 Å². The number of halogens is 1. The van der Waals surface area contributed by atoms with Gasteiger partial charge in [0.15, 0.2) is 0 Å². The van der Waals surface area contributed by atoms with E-state index in [9.17, 15) is 22.4 Å². The average molecular weight is 473 g/mol. The summed E-state index contributed by atoms with van der Waals surface area (Å²) in [6.45, 7) is 9.47. The van der Waals surface area contributed by atoms with Crippen molar-refractivity contribution in [3.8, 4) is 0 Å². The van der Waals surface area contributed by atoms with Crippen molar-refractivity contribution in [3.63, 3.8) is 0 Å². The quantitative estimate of drug-likeness (QED) is 0.528. The number of nitrogens with zero attached hydrogens (tertiary/aromatic N) is 2. The summed E-state index contributed by atoms with van der Waals surface area (Å²) in [5.41, 5.74) is -0.507. The van der Waals surface area contributed by atoms with E-state index in [0.29, 0.717) is 19.6 Å². The van der Waals surface area contributed by atoms with Crippen molar-refractivity contribution in [3.05, 3.63) is 30.1 Å². The molecule has 1 fully saturated rings. The van der Waals surface area contributed by atoms with Crippen LogP contribution in [0, 0.1) is 5.82 Å². The Balaban J connectivity index is 1.57. The summed E-state index contributed by atoms with van der Waals surface area (Å²) >= 11 is 0. The van der Waals surface area contributed by atoms with Crippen LogP contribution in [0.5, 0.6) is 0 Å². The van der Waals surface area contributed by atoms with Crippen LogP contribution in [0.3, 0.4) is 0 Å². The fourth-order valence-electron chi connectivity index (χ4n) is 3.10. The van der Waals surface area contributed by atoms with E-state index in [2.05, 4.69) is 14.9 Å². The molecular formula is C21H33FN4O5S. The Labute approximate surface area is 189 Å². The first-order chi connectivity index (χ1) is 15.0. The number of hydrogen-bond donors (Lipinski definition) is 2. The van der Waals surface area contributed by atoms with Crippen LogP contribution in [0.1, 0.15) is 33.6 Å². The molecule has 0 radical (unpaired) electrons. The van der Waals surface area contributed by atoms with Gasteiger partial charge in [-0.2, -0.15) is 0 Å². The summed E-state index contributed by atoms with van der Waals surface area (Å²) in [5, 5.41) is 2.77. The standard InChI is InChI=1S/C21H33FN4O5S/c1-21(2,3)31-20(28)26-15-13-25(14-16-26)12-4-10-23-19(27)9-11-24-32(29,30)18-7-5-17(22)6-8-18/h5-8,24H,4,9-16H2,1-3H3,(H,23,27). The third kappa shape index (κ3) is 9.09. The van der Waals surface area contributed by atoms with E-state index in [1.165, 1.54) is 12.1 Å². The van der Waals surface area contributed by atoms with Gasteiger partial charge in [0.2, 0.25) is 15.9 Å². The maximum atomic E-state index is 12.9. The number of carbonyl (C=O) groups is 2. The highest BCUT2D eigenvalue weighted by Crippen LogP contribution is 2.12. The molecule has 1 aromatic rings. The molecule has 2 N–H and O–H groups in total. The topological polar surface area (TPSA) is 108 Å². The largest absolute Gasteiger partial charge is 0.444 e. The normalized spacial score (nSPS) is 15.4. The highest BCUT2D eigenvalue weighted by atomic mass is 32.2. The lowest BCUT2D eigenvalue weighted by molar-refractivity contribution is -0.120. The smallest absolute Gasteiger partial charge is 0.410 e. The summed E-state index contributed by atoms with van der Waals surface area (Å²) in [7, 11) is -3.77. The van der Waals surface area contributed by atoms with Gasteiger partial charge in [-0.3, -0.25) is 9.69 Å². The number of sulfonamides is 1. The minimum atomic E-state index is -3.77. The van der Waals surface area contributed by atoms with Crippen LogP contribution in [0.15, 0.2) is 29.2 Å². The van der Waals surface area contributed by atoms with Crippen LogP contribution in [0.25, 0.3) is 0 Å². The van der Waals surface area contributed by atoms with Gasteiger partial charge in [-0.15, -0.1) is 0 Å². The lowest BCUT2D eigenvalue weighted by Crippen LogP contribution is -2.50. The molecule has 9 nitrogen and oxygen atoms in total. The summed E-state index contributed by atoms with van der Waals surface area (Å²) < 4.78 is 44.8. The minimum absolute atomic E-state index is 0.00892. The number of rotatable bonds is 9. The third-order valence-electron chi connectivity index (χ3n) is 4.77. The van der Waals surface area contributed by atoms with Crippen LogP contribution in [-0.2, 0) is 19.6 Å². The monoisotopic (exact) mass is 472 g/mol. The number of amides is 2. The number of piperazine rings is 1. The van der Waals surface area contributed by atoms with Gasteiger partial charge < -0.3 is 15.0 Å². The SMILES string of the molecule is CC(C)(C)OC(=O)N1CCN(CCCNC(=O)CCNS(=O)(=O)c2ccc(F)cc2)CC1. The predicted octanol–water partition coefficient (Wildman–Crippen LogP) is 1.55. The van der Waals surface area contributed by atoms with Gasteiger partial charge in [0.05, 0.1) is 4.90 Å². The second-order valence-electron chi connectivity index (χ2n) is 8.61. The van der Waals surface area contributed by atoms with E-state index in [1.807, 2.05) is 20.8 Å². The summed E-state index contributed by atoms with van der Waals surface area (Å²) in [6.07, 6.45) is 0.466. The molecule has 2 rings (SSSR count). The van der Waals surface area contributed by atoms with Crippen molar-refractivity contribution in [2.45, 2.75) is 44.1 Å². The maximum Gasteiger partial charge on any atom is 0.410 e. The number of carbonyl (C=O) groups excluding carboxylic acids is 2. The van der Waals surface area contributed by atoms with E-state index in [1.54, 1.807) is 4.90 Å². The average Bonchev–Trinajstić information content (AvgIpc) is 2.70. The fraction of sp³-hybridized carbons (Fsp3) is 0.619. The molecule has 0 bridgehead atoms. The van der Waals surface area contributed by atoms with E-state index in [4.69, 9.17) is 4.74 Å². The van der Waals surface area contributed by atoms with Crippen molar-refractivity contribution in [2.75, 3.05) is 45.8 Å². The van der Waals surface area contributed by atoms with Crippen LogP contribution >= 0.6 is 0 Å². The van der Waals surface area contributed by atoms with Gasteiger partial charge in [0.1, 0.15) is 11.4 Å². The molecule has 180 valence electrons. The fourth-order valence-corrected chi connectivity index (χ4v) is 4.13. The molecule has 0 spiro atoms. The minimum Gasteiger partial charge on any atom is -0.444 e. The van der Waals surface area contributed by atoms with Crippen molar-refractivity contribution >= 4 is 22.0 Å². The number of ether oxygens (including phenoxy) is 1. The van der Waals surface area contributed by atoms with Crippen LogP contribution in [0.4, 0.5) is 9.18 Å². The van der Waals surface area contributed by atoms with Crippen molar-refractivity contribution in [2.24, 2.45) is 0 Å². The second kappa shape index (κ2) is 11.6. The van der Waals surface area contributed by atoms with E-state index < -0.39 is 21.4 Å². The van der Waals surface area contributed by atoms with Gasteiger partial charge in [0.25, 0.3) is 0 Å². The zero-order valence-corrected chi connectivity index (χ0v) is 19.7. The molecule has 0 atom stereocenters. The Morgan fingerprint density at radius 3 is 2.28 bits per heavy atom. The van der Waals surface area contributed by atoms with Crippen LogP contribution in [-0.4, -0.2) is 81.6 Å². The first-order valence-electron chi connectivity index (χ1n) is 10.7. The number of benzene rings is 1. The van der Waals surface area contributed by atoms with E-state index in [0.717, 1.165) is 38.2 Å². The van der Waals surface area contributed by atoms with Crippen LogP contribution in [0.2, 0.25) is 0 Å². The molecule has 2 amide bonds. The molecule has 0 saturated carbocycles.